The molecule has 0 spiro atoms. The van der Waals surface area contributed by atoms with E-state index in [0.717, 1.165) is 44.1 Å². The molecule has 0 aromatic carbocycles. The summed E-state index contributed by atoms with van der Waals surface area (Å²) in [5, 5.41) is 7.98. The highest BCUT2D eigenvalue weighted by molar-refractivity contribution is 7.11. The van der Waals surface area contributed by atoms with E-state index in [4.69, 9.17) is 5.10 Å². The molecule has 0 saturated heterocycles. The third kappa shape index (κ3) is 3.88. The van der Waals surface area contributed by atoms with Gasteiger partial charge in [-0.25, -0.2) is 4.98 Å². The molecule has 0 radical (unpaired) electrons. The molecule has 7 heteroatoms. The molecule has 3 aromatic rings. The minimum atomic E-state index is 0.670. The maximum Gasteiger partial charge on any atom is 0.144 e. The summed E-state index contributed by atoms with van der Waals surface area (Å²) in [5.74, 6) is 0.777. The number of thiophene rings is 1. The molecule has 0 bridgehead atoms. The third-order valence-corrected chi connectivity index (χ3v) is 5.60. The molecule has 1 aliphatic heterocycles. The lowest BCUT2D eigenvalue weighted by atomic mass is 10.2. The Bertz CT molecular complexity index is 825. The smallest absolute Gasteiger partial charge is 0.144 e. The van der Waals surface area contributed by atoms with Crippen molar-refractivity contribution in [2.75, 3.05) is 11.9 Å². The lowest BCUT2D eigenvalue weighted by Gasteiger charge is -2.26. The van der Waals surface area contributed by atoms with Crippen molar-refractivity contribution in [2.24, 2.45) is 0 Å². The van der Waals surface area contributed by atoms with E-state index in [1.807, 2.05) is 11.3 Å². The minimum Gasteiger partial charge on any atom is -0.363 e. The van der Waals surface area contributed by atoms with E-state index in [1.165, 1.54) is 15.4 Å². The van der Waals surface area contributed by atoms with Crippen molar-refractivity contribution in [3.05, 3.63) is 57.9 Å². The Morgan fingerprint density at radius 1 is 1.20 bits per heavy atom. The van der Waals surface area contributed by atoms with Crippen LogP contribution in [-0.2, 0) is 32.6 Å². The number of rotatable bonds is 6. The van der Waals surface area contributed by atoms with Gasteiger partial charge >= 0.3 is 0 Å². The predicted octanol–water partition coefficient (Wildman–Crippen LogP) is 2.92. The molecule has 0 unspecified atom stereocenters. The van der Waals surface area contributed by atoms with Gasteiger partial charge < -0.3 is 5.32 Å². The van der Waals surface area contributed by atoms with Gasteiger partial charge in [0.15, 0.2) is 0 Å². The summed E-state index contributed by atoms with van der Waals surface area (Å²) < 4.78 is 2.13. The van der Waals surface area contributed by atoms with E-state index >= 15 is 0 Å². The zero-order valence-electron chi connectivity index (χ0n) is 14.4. The van der Waals surface area contributed by atoms with E-state index < -0.39 is 0 Å². The van der Waals surface area contributed by atoms with Crippen LogP contribution in [0.4, 0.5) is 5.82 Å². The monoisotopic (exact) mass is 354 g/mol. The highest BCUT2D eigenvalue weighted by atomic mass is 32.1. The van der Waals surface area contributed by atoms with Gasteiger partial charge in [-0.15, -0.1) is 11.3 Å². The van der Waals surface area contributed by atoms with Crippen LogP contribution < -0.4 is 5.32 Å². The average Bonchev–Trinajstić information content (AvgIpc) is 3.27. The van der Waals surface area contributed by atoms with E-state index in [2.05, 4.69) is 50.0 Å². The molecule has 1 N–H and O–H groups in total. The summed E-state index contributed by atoms with van der Waals surface area (Å²) in [6.45, 7) is 6.87. The fourth-order valence-corrected chi connectivity index (χ4v) is 4.09. The predicted molar refractivity (Wildman–Crippen MR) is 99.4 cm³/mol. The van der Waals surface area contributed by atoms with E-state index in [-0.39, 0.29) is 0 Å². The Hall–Kier alpha value is -2.25. The van der Waals surface area contributed by atoms with Crippen LogP contribution in [0.15, 0.2) is 36.8 Å². The van der Waals surface area contributed by atoms with Gasteiger partial charge in [-0.3, -0.25) is 14.6 Å². The molecule has 3 aromatic heterocycles. The van der Waals surface area contributed by atoms with Gasteiger partial charge in [0.05, 0.1) is 30.7 Å². The molecular formula is C18H22N6S. The molecule has 25 heavy (non-hydrogen) atoms. The number of aryl methyl sites for hydroxylation is 1. The van der Waals surface area contributed by atoms with Crippen LogP contribution in [0.5, 0.6) is 0 Å². The van der Waals surface area contributed by atoms with Gasteiger partial charge in [0.1, 0.15) is 5.82 Å². The summed E-state index contributed by atoms with van der Waals surface area (Å²) in [4.78, 5) is 13.7. The first-order valence-corrected chi connectivity index (χ1v) is 9.47. The Morgan fingerprint density at radius 3 is 2.92 bits per heavy atom. The Kier molecular flexibility index (Phi) is 4.76. The van der Waals surface area contributed by atoms with Gasteiger partial charge in [0, 0.05) is 41.8 Å². The van der Waals surface area contributed by atoms with Gasteiger partial charge in [0.25, 0.3) is 0 Å². The molecule has 0 amide bonds. The average molecular weight is 354 g/mol. The van der Waals surface area contributed by atoms with Crippen molar-refractivity contribution in [2.45, 2.75) is 39.5 Å². The van der Waals surface area contributed by atoms with Crippen molar-refractivity contribution in [1.82, 2.24) is 24.6 Å². The summed E-state index contributed by atoms with van der Waals surface area (Å²) in [6, 6.07) is 6.72. The number of nitrogens with zero attached hydrogens (tertiary/aromatic N) is 5. The number of hydrogen-bond acceptors (Lipinski definition) is 6. The molecule has 4 heterocycles. The van der Waals surface area contributed by atoms with E-state index in [9.17, 15) is 0 Å². The second kappa shape index (κ2) is 7.33. The molecular weight excluding hydrogens is 332 g/mol. The van der Waals surface area contributed by atoms with Crippen molar-refractivity contribution < 1.29 is 0 Å². The molecule has 0 aliphatic carbocycles. The van der Waals surface area contributed by atoms with Crippen molar-refractivity contribution in [3.8, 4) is 0 Å². The lowest BCUT2D eigenvalue weighted by molar-refractivity contribution is 0.207. The summed E-state index contributed by atoms with van der Waals surface area (Å²) in [6.07, 6.45) is 6.21. The first kappa shape index (κ1) is 16.2. The number of aromatic nitrogens is 4. The summed E-state index contributed by atoms with van der Waals surface area (Å²) in [7, 11) is 0. The zero-order chi connectivity index (χ0) is 17.1. The zero-order valence-corrected chi connectivity index (χ0v) is 15.2. The fourth-order valence-electron chi connectivity index (χ4n) is 3.09. The molecule has 0 saturated carbocycles. The van der Waals surface area contributed by atoms with E-state index in [0.29, 0.717) is 6.54 Å². The first-order chi connectivity index (χ1) is 12.3. The number of fused-ring (bicyclic) bond motifs is 1. The van der Waals surface area contributed by atoms with Gasteiger partial charge in [0.2, 0.25) is 0 Å². The van der Waals surface area contributed by atoms with Crippen LogP contribution in [-0.4, -0.2) is 31.2 Å². The Labute approximate surface area is 151 Å². The summed E-state index contributed by atoms with van der Waals surface area (Å²) >= 11 is 1.93. The van der Waals surface area contributed by atoms with Crippen LogP contribution in [0.2, 0.25) is 0 Å². The minimum absolute atomic E-state index is 0.670. The lowest BCUT2D eigenvalue weighted by Crippen LogP contribution is -2.33. The van der Waals surface area contributed by atoms with Crippen molar-refractivity contribution in [1.29, 1.82) is 0 Å². The largest absolute Gasteiger partial charge is 0.363 e. The normalized spacial score (nSPS) is 14.4. The van der Waals surface area contributed by atoms with E-state index in [1.54, 1.807) is 18.6 Å². The topological polar surface area (TPSA) is 58.9 Å². The Balaban J connectivity index is 1.37. The van der Waals surface area contributed by atoms with Crippen molar-refractivity contribution >= 4 is 17.2 Å². The summed E-state index contributed by atoms with van der Waals surface area (Å²) in [5.41, 5.74) is 2.33. The van der Waals surface area contributed by atoms with Gasteiger partial charge in [-0.05, 0) is 24.6 Å². The standard InChI is InChI=1S/C18H22N6S/c1-2-16-3-4-17(25-16)13-23-7-8-24-15(12-23)9-14(22-24)10-21-18-11-19-5-6-20-18/h3-6,9,11H,2,7-8,10,12-13H2,1H3,(H,20,21). The highest BCUT2D eigenvalue weighted by Gasteiger charge is 2.19. The molecule has 0 fully saturated rings. The SMILES string of the molecule is CCc1ccc(CN2CCn3nc(CNc4cnccn4)cc3C2)s1. The van der Waals surface area contributed by atoms with Crippen LogP contribution in [0.3, 0.4) is 0 Å². The molecule has 4 rings (SSSR count). The van der Waals surface area contributed by atoms with Crippen LogP contribution >= 0.6 is 11.3 Å². The second-order valence-electron chi connectivity index (χ2n) is 6.23. The molecule has 6 nitrogen and oxygen atoms in total. The molecule has 130 valence electrons. The first-order valence-electron chi connectivity index (χ1n) is 8.65. The van der Waals surface area contributed by atoms with Crippen molar-refractivity contribution in [3.63, 3.8) is 0 Å². The van der Waals surface area contributed by atoms with Crippen LogP contribution in [0.25, 0.3) is 0 Å². The van der Waals surface area contributed by atoms with Gasteiger partial charge in [-0.2, -0.15) is 5.10 Å². The third-order valence-electron chi connectivity index (χ3n) is 4.39. The maximum absolute atomic E-state index is 4.71. The Morgan fingerprint density at radius 2 is 2.12 bits per heavy atom. The maximum atomic E-state index is 4.71. The number of hydrogen-bond donors (Lipinski definition) is 1. The molecule has 1 aliphatic rings. The van der Waals surface area contributed by atoms with Gasteiger partial charge in [-0.1, -0.05) is 6.92 Å². The fraction of sp³-hybridized carbons (Fsp3) is 0.389. The number of nitrogens with one attached hydrogen (secondary N) is 1. The second-order valence-corrected chi connectivity index (χ2v) is 7.48. The quantitative estimate of drug-likeness (QED) is 0.737. The van der Waals surface area contributed by atoms with Crippen LogP contribution in [0, 0.1) is 0 Å². The number of anilines is 1. The molecule has 0 atom stereocenters. The highest BCUT2D eigenvalue weighted by Crippen LogP contribution is 2.22. The van der Waals surface area contributed by atoms with Crippen LogP contribution in [0.1, 0.15) is 28.1 Å².